The lowest BCUT2D eigenvalue weighted by atomic mass is 10.1. The highest BCUT2D eigenvalue weighted by atomic mass is 32.2. The van der Waals surface area contributed by atoms with Gasteiger partial charge < -0.3 is 14.5 Å². The molecule has 6 heteroatoms. The molecule has 0 unspecified atom stereocenters. The number of amides is 1. The van der Waals surface area contributed by atoms with Gasteiger partial charge in [-0.2, -0.15) is 0 Å². The third kappa shape index (κ3) is 5.54. The lowest BCUT2D eigenvalue weighted by molar-refractivity contribution is 0.0949. The minimum atomic E-state index is -0.0805. The number of thioether (sulfide) groups is 1. The van der Waals surface area contributed by atoms with E-state index in [4.69, 9.17) is 4.74 Å². The van der Waals surface area contributed by atoms with Crippen molar-refractivity contribution in [2.75, 3.05) is 6.61 Å². The maximum Gasteiger partial charge on any atom is 0.251 e. The summed E-state index contributed by atoms with van der Waals surface area (Å²) in [6, 6.07) is 21.7. The minimum absolute atomic E-state index is 0.0805. The monoisotopic (exact) mass is 431 g/mol. The van der Waals surface area contributed by atoms with E-state index in [1.165, 1.54) is 0 Å². The Labute approximate surface area is 186 Å². The molecule has 2 heterocycles. The Morgan fingerprint density at radius 2 is 1.81 bits per heavy atom. The SMILES string of the molecule is CCOCc1ccccc1CNC(=O)c1ccc(SCc2cn3ccccc3n2)cc1. The Morgan fingerprint density at radius 1 is 1.03 bits per heavy atom. The molecular formula is C25H25N3O2S. The Hall–Kier alpha value is -3.09. The molecule has 2 aromatic carbocycles. The zero-order chi connectivity index (χ0) is 21.5. The first-order valence-electron chi connectivity index (χ1n) is 10.3. The van der Waals surface area contributed by atoms with Crippen LogP contribution in [0.3, 0.4) is 0 Å². The number of aromatic nitrogens is 2. The van der Waals surface area contributed by atoms with Gasteiger partial charge in [0, 0.05) is 41.8 Å². The Morgan fingerprint density at radius 3 is 2.58 bits per heavy atom. The molecule has 0 bridgehead atoms. The molecule has 0 aliphatic rings. The summed E-state index contributed by atoms with van der Waals surface area (Å²) in [6.45, 7) is 3.68. The normalized spacial score (nSPS) is 11.0. The molecule has 1 amide bonds. The van der Waals surface area contributed by atoms with Gasteiger partial charge in [-0.25, -0.2) is 4.98 Å². The van der Waals surface area contributed by atoms with Crippen molar-refractivity contribution in [1.82, 2.24) is 14.7 Å². The number of rotatable bonds is 9. The van der Waals surface area contributed by atoms with E-state index in [2.05, 4.69) is 10.3 Å². The number of ether oxygens (including phenoxy) is 1. The number of benzene rings is 2. The number of fused-ring (bicyclic) bond motifs is 1. The molecule has 0 saturated carbocycles. The average Bonchev–Trinajstić information content (AvgIpc) is 3.24. The summed E-state index contributed by atoms with van der Waals surface area (Å²) in [7, 11) is 0. The van der Waals surface area contributed by atoms with Crippen molar-refractivity contribution in [3.63, 3.8) is 0 Å². The summed E-state index contributed by atoms with van der Waals surface area (Å²) in [5.41, 5.74) is 4.81. The van der Waals surface area contributed by atoms with Crippen molar-refractivity contribution >= 4 is 23.3 Å². The number of nitrogens with one attached hydrogen (secondary N) is 1. The van der Waals surface area contributed by atoms with Crippen molar-refractivity contribution in [3.8, 4) is 0 Å². The second kappa shape index (κ2) is 10.3. The molecule has 0 aliphatic heterocycles. The molecule has 0 saturated heterocycles. The largest absolute Gasteiger partial charge is 0.377 e. The summed E-state index contributed by atoms with van der Waals surface area (Å²) in [5.74, 6) is 0.701. The quantitative estimate of drug-likeness (QED) is 0.375. The molecule has 0 atom stereocenters. The summed E-state index contributed by atoms with van der Waals surface area (Å²) < 4.78 is 7.54. The molecule has 0 radical (unpaired) electrons. The van der Waals surface area contributed by atoms with Gasteiger partial charge in [0.2, 0.25) is 0 Å². The summed E-state index contributed by atoms with van der Waals surface area (Å²) in [5, 5.41) is 3.01. The summed E-state index contributed by atoms with van der Waals surface area (Å²) in [6.07, 6.45) is 4.05. The Balaban J connectivity index is 1.32. The number of nitrogens with zero attached hydrogens (tertiary/aromatic N) is 2. The molecule has 5 nitrogen and oxygen atoms in total. The molecular weight excluding hydrogens is 406 g/mol. The van der Waals surface area contributed by atoms with Gasteiger partial charge in [-0.15, -0.1) is 11.8 Å². The van der Waals surface area contributed by atoms with Crippen LogP contribution < -0.4 is 5.32 Å². The third-order valence-corrected chi connectivity index (χ3v) is 5.98. The van der Waals surface area contributed by atoms with E-state index in [9.17, 15) is 4.79 Å². The fourth-order valence-electron chi connectivity index (χ4n) is 3.28. The van der Waals surface area contributed by atoms with E-state index in [0.717, 1.165) is 33.1 Å². The van der Waals surface area contributed by atoms with Crippen LogP contribution in [0.15, 0.2) is 84.0 Å². The molecule has 158 valence electrons. The number of hydrogen-bond acceptors (Lipinski definition) is 4. The zero-order valence-electron chi connectivity index (χ0n) is 17.5. The van der Waals surface area contributed by atoms with Gasteiger partial charge in [-0.3, -0.25) is 4.79 Å². The lowest BCUT2D eigenvalue weighted by Crippen LogP contribution is -2.23. The third-order valence-electron chi connectivity index (χ3n) is 4.94. The van der Waals surface area contributed by atoms with Crippen molar-refractivity contribution in [3.05, 3.63) is 102 Å². The molecule has 4 rings (SSSR count). The maximum absolute atomic E-state index is 12.6. The first-order valence-corrected chi connectivity index (χ1v) is 11.3. The van der Waals surface area contributed by atoms with Crippen molar-refractivity contribution < 1.29 is 9.53 Å². The predicted molar refractivity (Wildman–Crippen MR) is 124 cm³/mol. The highest BCUT2D eigenvalue weighted by molar-refractivity contribution is 7.98. The molecule has 2 aromatic heterocycles. The van der Waals surface area contributed by atoms with Crippen molar-refractivity contribution in [1.29, 1.82) is 0 Å². The van der Waals surface area contributed by atoms with Crippen LogP contribution >= 0.6 is 11.8 Å². The van der Waals surface area contributed by atoms with Gasteiger partial charge in [-0.1, -0.05) is 30.3 Å². The van der Waals surface area contributed by atoms with Crippen LogP contribution in [0.5, 0.6) is 0 Å². The topological polar surface area (TPSA) is 55.6 Å². The van der Waals surface area contributed by atoms with Crippen LogP contribution in [0.1, 0.15) is 34.1 Å². The minimum Gasteiger partial charge on any atom is -0.377 e. The fourth-order valence-corrected chi connectivity index (χ4v) is 4.06. The average molecular weight is 432 g/mol. The highest BCUT2D eigenvalue weighted by Gasteiger charge is 2.08. The maximum atomic E-state index is 12.6. The number of carbonyl (C=O) groups excluding carboxylic acids is 1. The Bertz CT molecular complexity index is 1120. The molecule has 0 spiro atoms. The first-order chi connectivity index (χ1) is 15.2. The van der Waals surface area contributed by atoms with Crippen LogP contribution in [-0.2, 0) is 23.6 Å². The summed E-state index contributed by atoms with van der Waals surface area (Å²) >= 11 is 1.71. The smallest absolute Gasteiger partial charge is 0.251 e. The van der Waals surface area contributed by atoms with Gasteiger partial charge in [0.15, 0.2) is 0 Å². The molecule has 0 fully saturated rings. The van der Waals surface area contributed by atoms with E-state index in [-0.39, 0.29) is 5.91 Å². The van der Waals surface area contributed by atoms with Crippen LogP contribution in [-0.4, -0.2) is 21.9 Å². The Kier molecular flexibility index (Phi) is 7.02. The van der Waals surface area contributed by atoms with Gasteiger partial charge in [-0.05, 0) is 54.4 Å². The molecule has 1 N–H and O–H groups in total. The van der Waals surface area contributed by atoms with E-state index in [1.807, 2.05) is 90.4 Å². The second-order valence-corrected chi connectivity index (χ2v) is 8.15. The van der Waals surface area contributed by atoms with E-state index >= 15 is 0 Å². The van der Waals surface area contributed by atoms with Gasteiger partial charge in [0.25, 0.3) is 5.91 Å². The van der Waals surface area contributed by atoms with E-state index in [1.54, 1.807) is 11.8 Å². The van der Waals surface area contributed by atoms with Crippen molar-refractivity contribution in [2.24, 2.45) is 0 Å². The number of hydrogen-bond donors (Lipinski definition) is 1. The van der Waals surface area contributed by atoms with Crippen LogP contribution in [0.4, 0.5) is 0 Å². The van der Waals surface area contributed by atoms with Crippen LogP contribution in [0.25, 0.3) is 5.65 Å². The molecule has 0 aliphatic carbocycles. The van der Waals surface area contributed by atoms with Crippen LogP contribution in [0, 0.1) is 0 Å². The van der Waals surface area contributed by atoms with E-state index < -0.39 is 0 Å². The van der Waals surface area contributed by atoms with Gasteiger partial charge >= 0.3 is 0 Å². The number of imidazole rings is 1. The number of pyridine rings is 1. The van der Waals surface area contributed by atoms with Crippen LogP contribution in [0.2, 0.25) is 0 Å². The van der Waals surface area contributed by atoms with Gasteiger partial charge in [0.05, 0.1) is 12.3 Å². The lowest BCUT2D eigenvalue weighted by Gasteiger charge is -2.11. The number of carbonyl (C=O) groups is 1. The molecule has 31 heavy (non-hydrogen) atoms. The van der Waals surface area contributed by atoms with Gasteiger partial charge in [0.1, 0.15) is 5.65 Å². The van der Waals surface area contributed by atoms with Crippen molar-refractivity contribution in [2.45, 2.75) is 30.7 Å². The predicted octanol–water partition coefficient (Wildman–Crippen LogP) is 5.09. The molecule has 4 aromatic rings. The second-order valence-electron chi connectivity index (χ2n) is 7.10. The summed E-state index contributed by atoms with van der Waals surface area (Å²) in [4.78, 5) is 18.3. The van der Waals surface area contributed by atoms with E-state index in [0.29, 0.717) is 25.3 Å². The standard InChI is InChI=1S/C25H25N3O2S/c1-2-30-17-21-8-4-3-7-20(21)15-26-25(29)19-10-12-23(13-11-19)31-18-22-16-28-14-6-5-9-24(28)27-22/h3-14,16H,2,15,17-18H2,1H3,(H,26,29). The highest BCUT2D eigenvalue weighted by Crippen LogP contribution is 2.23. The zero-order valence-corrected chi connectivity index (χ0v) is 18.3. The fraction of sp³-hybridized carbons (Fsp3) is 0.200. The first kappa shape index (κ1) is 21.2.